The van der Waals surface area contributed by atoms with Crippen LogP contribution in [0.4, 0.5) is 23.4 Å². The minimum atomic E-state index is -2.38. The van der Waals surface area contributed by atoms with Crippen LogP contribution in [0.3, 0.4) is 0 Å². The van der Waals surface area contributed by atoms with Crippen LogP contribution in [0, 0.1) is 17.6 Å². The summed E-state index contributed by atoms with van der Waals surface area (Å²) in [5.41, 5.74) is 0.423. The molecule has 15 heteroatoms. The maximum Gasteiger partial charge on any atom is 0.350 e. The first-order valence-electron chi connectivity index (χ1n) is 15.6. The highest BCUT2D eigenvalue weighted by atomic mass is 35.5. The molecule has 1 amide bonds. The standard InChI is InChI=1S/C33H35Cl2F4N5O2S.H2S/c1-4-28(45)42-13-18(3)43(14-17(42)2)32-22-11-24(35)29(21-10-23(34)26(37)12-25(21)36)31-30(22)44(33(46)40-32)20(16-47-31)9-19-5-7-41(8-6-19)15-27(38)39;/h4,10-12,17-20,27H,1,5-9,13-16H2,2-3H3;1H2/t17-,18+,20+;/m1./s1. The van der Waals surface area contributed by atoms with Gasteiger partial charge in [-0.3, -0.25) is 14.3 Å². The van der Waals surface area contributed by atoms with Crippen molar-refractivity contribution in [3.63, 3.8) is 0 Å². The maximum absolute atomic E-state index is 15.4. The van der Waals surface area contributed by atoms with Gasteiger partial charge in [0.2, 0.25) is 5.91 Å². The van der Waals surface area contributed by atoms with Gasteiger partial charge in [-0.25, -0.2) is 22.4 Å². The Morgan fingerprint density at radius 1 is 1.08 bits per heavy atom. The van der Waals surface area contributed by atoms with Crippen LogP contribution in [0.1, 0.15) is 39.2 Å². The van der Waals surface area contributed by atoms with E-state index in [2.05, 4.69) is 11.6 Å². The molecule has 3 aromatic rings. The molecule has 0 N–H and O–H groups in total. The molecule has 3 aliphatic rings. The largest absolute Gasteiger partial charge is 0.350 e. The average molecular weight is 747 g/mol. The van der Waals surface area contributed by atoms with E-state index in [1.165, 1.54) is 23.9 Å². The topological polar surface area (TPSA) is 61.7 Å². The Balaban J connectivity index is 0.00000451. The molecule has 0 aliphatic carbocycles. The second-order valence-electron chi connectivity index (χ2n) is 12.7. The summed E-state index contributed by atoms with van der Waals surface area (Å²) in [5, 5.41) is 0.540. The molecule has 4 heterocycles. The summed E-state index contributed by atoms with van der Waals surface area (Å²) in [6, 6.07) is 2.94. The van der Waals surface area contributed by atoms with E-state index in [1.807, 2.05) is 18.7 Å². The van der Waals surface area contributed by atoms with Crippen LogP contribution >= 0.6 is 48.5 Å². The molecule has 3 aliphatic heterocycles. The van der Waals surface area contributed by atoms with E-state index in [1.54, 1.807) is 20.4 Å². The number of amides is 1. The molecule has 260 valence electrons. The zero-order valence-corrected chi connectivity index (χ0v) is 29.8. The number of thioether (sulfide) groups is 1. The molecular formula is C33H37Cl2F4N5O2S2. The van der Waals surface area contributed by atoms with Gasteiger partial charge in [-0.1, -0.05) is 29.8 Å². The number of piperazine rings is 1. The highest BCUT2D eigenvalue weighted by Crippen LogP contribution is 2.49. The normalized spacial score (nSPS) is 21.9. The first-order chi connectivity index (χ1) is 22.4. The molecule has 0 bridgehead atoms. The van der Waals surface area contributed by atoms with Crippen molar-refractivity contribution in [2.75, 3.05) is 43.4 Å². The lowest BCUT2D eigenvalue weighted by molar-refractivity contribution is -0.128. The Morgan fingerprint density at radius 2 is 1.79 bits per heavy atom. The SMILES string of the molecule is C=CC(=O)N1C[C@H](C)N(c2nc(=O)n3c4c(c(-c5cc(Cl)c(F)cc5F)c(Cl)cc24)SC[C@@H]3CC2CCN(CC(F)F)CC2)C[C@H]1C.S. The Kier molecular flexibility index (Phi) is 11.4. The van der Waals surface area contributed by atoms with Crippen LogP contribution in [0.15, 0.2) is 40.5 Å². The zero-order valence-electron chi connectivity index (χ0n) is 26.5. The smallest absolute Gasteiger partial charge is 0.349 e. The van der Waals surface area contributed by atoms with Crippen molar-refractivity contribution >= 4 is 71.1 Å². The van der Waals surface area contributed by atoms with Gasteiger partial charge in [-0.15, -0.1) is 11.8 Å². The minimum Gasteiger partial charge on any atom is -0.349 e. The van der Waals surface area contributed by atoms with Gasteiger partial charge in [0.15, 0.2) is 0 Å². The number of aromatic nitrogens is 2. The van der Waals surface area contributed by atoms with E-state index < -0.39 is 23.7 Å². The summed E-state index contributed by atoms with van der Waals surface area (Å²) >= 11 is 14.5. The van der Waals surface area contributed by atoms with Crippen LogP contribution in [0.2, 0.25) is 10.0 Å². The molecule has 0 spiro atoms. The number of likely N-dealkylation sites (tertiary alicyclic amines) is 1. The quantitative estimate of drug-likeness (QED) is 0.143. The first-order valence-corrected chi connectivity index (χ1v) is 17.4. The number of anilines is 1. The fourth-order valence-electron chi connectivity index (χ4n) is 7.25. The van der Waals surface area contributed by atoms with E-state index in [4.69, 9.17) is 23.2 Å². The maximum atomic E-state index is 15.4. The molecule has 3 atom stereocenters. The Bertz CT molecular complexity index is 1790. The molecule has 0 radical (unpaired) electrons. The highest BCUT2D eigenvalue weighted by molar-refractivity contribution is 7.99. The van der Waals surface area contributed by atoms with E-state index in [-0.39, 0.29) is 65.6 Å². The first kappa shape index (κ1) is 36.8. The Hall–Kier alpha value is -2.45. The molecule has 2 fully saturated rings. The third-order valence-corrected chi connectivity index (χ3v) is 11.4. The lowest BCUT2D eigenvalue weighted by Crippen LogP contribution is -2.58. The molecule has 2 aromatic carbocycles. The molecule has 48 heavy (non-hydrogen) atoms. The van der Waals surface area contributed by atoms with Gasteiger partial charge in [0.1, 0.15) is 17.5 Å². The number of piperidine rings is 1. The number of halogens is 6. The highest BCUT2D eigenvalue weighted by Gasteiger charge is 2.37. The number of rotatable bonds is 7. The molecular weight excluding hydrogens is 709 g/mol. The second kappa shape index (κ2) is 14.8. The van der Waals surface area contributed by atoms with Crippen LogP contribution in [-0.2, 0) is 4.79 Å². The predicted octanol–water partition coefficient (Wildman–Crippen LogP) is 7.39. The zero-order chi connectivity index (χ0) is 33.7. The molecule has 0 saturated carbocycles. The molecule has 0 unspecified atom stereocenters. The van der Waals surface area contributed by atoms with Crippen molar-refractivity contribution in [1.82, 2.24) is 19.4 Å². The molecule has 1 aromatic heterocycles. The molecule has 6 rings (SSSR count). The predicted molar refractivity (Wildman–Crippen MR) is 189 cm³/mol. The number of hydrogen-bond acceptors (Lipinski definition) is 6. The van der Waals surface area contributed by atoms with Gasteiger partial charge < -0.3 is 9.80 Å². The summed E-state index contributed by atoms with van der Waals surface area (Å²) in [6.45, 7) is 9.15. The third kappa shape index (κ3) is 6.95. The Morgan fingerprint density at radius 3 is 2.46 bits per heavy atom. The van der Waals surface area contributed by atoms with Crippen LogP contribution < -0.4 is 10.6 Å². The molecule has 7 nitrogen and oxygen atoms in total. The van der Waals surface area contributed by atoms with Crippen molar-refractivity contribution in [2.24, 2.45) is 5.92 Å². The van der Waals surface area contributed by atoms with Gasteiger partial charge in [-0.2, -0.15) is 18.5 Å². The number of benzene rings is 2. The fraction of sp³-hybridized carbons (Fsp3) is 0.485. The monoisotopic (exact) mass is 745 g/mol. The minimum absolute atomic E-state index is 0. The number of alkyl halides is 2. The van der Waals surface area contributed by atoms with E-state index in [0.717, 1.165) is 18.9 Å². The van der Waals surface area contributed by atoms with E-state index in [9.17, 15) is 22.8 Å². The summed E-state index contributed by atoms with van der Waals surface area (Å²) in [5.74, 6) is -0.808. The number of carbonyl (C=O) groups is 1. The summed E-state index contributed by atoms with van der Waals surface area (Å²) in [6.07, 6.45) is 1.02. The fourth-order valence-corrected chi connectivity index (χ4v) is 9.13. The van der Waals surface area contributed by atoms with Gasteiger partial charge >= 0.3 is 5.69 Å². The summed E-state index contributed by atoms with van der Waals surface area (Å²) in [4.78, 5) is 37.3. The average Bonchev–Trinajstić information content (AvgIpc) is 3.02. The van der Waals surface area contributed by atoms with Crippen molar-refractivity contribution in [3.8, 4) is 11.1 Å². The Labute approximate surface area is 297 Å². The summed E-state index contributed by atoms with van der Waals surface area (Å²) < 4.78 is 57.1. The second-order valence-corrected chi connectivity index (χ2v) is 14.5. The van der Waals surface area contributed by atoms with Gasteiger partial charge in [0.25, 0.3) is 6.43 Å². The van der Waals surface area contributed by atoms with E-state index >= 15 is 4.39 Å². The van der Waals surface area contributed by atoms with E-state index in [0.29, 0.717) is 65.5 Å². The number of hydrogen-bond donors (Lipinski definition) is 0. The number of carbonyl (C=O) groups excluding carboxylic acids is 1. The van der Waals surface area contributed by atoms with Crippen molar-refractivity contribution < 1.29 is 22.4 Å². The molecule has 2 saturated heterocycles. The van der Waals surface area contributed by atoms with Crippen molar-refractivity contribution in [2.45, 2.75) is 62.6 Å². The lowest BCUT2D eigenvalue weighted by atomic mass is 9.90. The third-order valence-electron chi connectivity index (χ3n) is 9.59. The number of nitrogens with zero attached hydrogens (tertiary/aromatic N) is 5. The van der Waals surface area contributed by atoms with Gasteiger partial charge in [0, 0.05) is 64.4 Å². The lowest BCUT2D eigenvalue weighted by Gasteiger charge is -2.45. The van der Waals surface area contributed by atoms with Gasteiger partial charge in [0.05, 0.1) is 22.1 Å². The summed E-state index contributed by atoms with van der Waals surface area (Å²) in [7, 11) is 0. The van der Waals surface area contributed by atoms with Gasteiger partial charge in [-0.05, 0) is 70.3 Å². The van der Waals surface area contributed by atoms with Crippen LogP contribution in [-0.4, -0.2) is 82.2 Å². The van der Waals surface area contributed by atoms with Crippen LogP contribution in [0.25, 0.3) is 22.0 Å². The van der Waals surface area contributed by atoms with Crippen LogP contribution in [0.5, 0.6) is 0 Å². The van der Waals surface area contributed by atoms with Crippen molar-refractivity contribution in [3.05, 3.63) is 63.0 Å². The van der Waals surface area contributed by atoms with Crippen molar-refractivity contribution in [1.29, 1.82) is 0 Å².